The lowest BCUT2D eigenvalue weighted by molar-refractivity contribution is -0.153. The lowest BCUT2D eigenvalue weighted by atomic mass is 9.89. The molecule has 1 fully saturated rings. The molecule has 0 aromatic heterocycles. The number of Topliss-reactive ketones (excluding diaryl/α,β-unsaturated/α-hetero) is 2. The van der Waals surface area contributed by atoms with Crippen LogP contribution in [0.4, 0.5) is 9.18 Å². The van der Waals surface area contributed by atoms with E-state index in [-0.39, 0.29) is 25.3 Å². The highest BCUT2D eigenvalue weighted by Crippen LogP contribution is 2.21. The molecule has 1 rings (SSSR count). The van der Waals surface area contributed by atoms with Gasteiger partial charge in [-0.3, -0.25) is 9.59 Å². The van der Waals surface area contributed by atoms with Crippen LogP contribution >= 0.6 is 0 Å². The topological polar surface area (TPSA) is 101 Å². The van der Waals surface area contributed by atoms with Crippen LogP contribution in [-0.2, 0) is 19.1 Å². The second kappa shape index (κ2) is 19.5. The van der Waals surface area contributed by atoms with Crippen molar-refractivity contribution in [3.8, 4) is 0 Å². The zero-order valence-electron chi connectivity index (χ0n) is 23.2. The van der Waals surface area contributed by atoms with Crippen molar-refractivity contribution in [3.63, 3.8) is 0 Å². The summed E-state index contributed by atoms with van der Waals surface area (Å²) in [6.07, 6.45) is 4.84. The number of carboxylic acids is 1. The molecule has 202 valence electrons. The molecule has 1 heterocycles. The van der Waals surface area contributed by atoms with Gasteiger partial charge in [-0.1, -0.05) is 65.8 Å². The Bertz CT molecular complexity index is 749. The number of ketones is 2. The van der Waals surface area contributed by atoms with Gasteiger partial charge in [-0.05, 0) is 46.6 Å². The molecule has 8 heteroatoms. The molecule has 0 radical (unpaired) electrons. The third-order valence-electron chi connectivity index (χ3n) is 4.40. The van der Waals surface area contributed by atoms with E-state index in [0.717, 1.165) is 12.0 Å². The second-order valence-electron chi connectivity index (χ2n) is 8.26. The zero-order valence-corrected chi connectivity index (χ0v) is 23.2. The van der Waals surface area contributed by atoms with E-state index in [0.29, 0.717) is 0 Å². The molecule has 1 amide bonds. The lowest BCUT2D eigenvalue weighted by Crippen LogP contribution is -2.39. The zero-order chi connectivity index (χ0) is 28.4. The van der Waals surface area contributed by atoms with E-state index in [9.17, 15) is 23.6 Å². The van der Waals surface area contributed by atoms with Gasteiger partial charge in [0.2, 0.25) is 5.78 Å². The monoisotopic (exact) mass is 499 g/mol. The highest BCUT2D eigenvalue weighted by atomic mass is 19.1. The molecule has 0 aromatic carbocycles. The Morgan fingerprint density at radius 2 is 1.69 bits per heavy atom. The van der Waals surface area contributed by atoms with Crippen LogP contribution in [-0.4, -0.2) is 52.3 Å². The number of hydrogen-bond acceptors (Lipinski definition) is 5. The van der Waals surface area contributed by atoms with Crippen LogP contribution in [0, 0.1) is 11.8 Å². The molecule has 1 N–H and O–H groups in total. The molecule has 35 heavy (non-hydrogen) atoms. The van der Waals surface area contributed by atoms with Crippen LogP contribution in [0.3, 0.4) is 0 Å². The first-order valence-corrected chi connectivity index (χ1v) is 12.2. The SMILES string of the molecule is C=C(/C=C\C(F)=C/C)CC.CC.CC.CC1CN(C(=O)OC(C)(C)C)CCC(C(=O)C(=O)O)C1=O. The van der Waals surface area contributed by atoms with Gasteiger partial charge in [0, 0.05) is 19.0 Å². The largest absolute Gasteiger partial charge is 0.475 e. The smallest absolute Gasteiger partial charge is 0.410 e. The van der Waals surface area contributed by atoms with E-state index in [1.807, 2.05) is 34.6 Å². The van der Waals surface area contributed by atoms with Crippen LogP contribution in [0.25, 0.3) is 0 Å². The number of hydrogen-bond donors (Lipinski definition) is 1. The third kappa shape index (κ3) is 16.5. The fourth-order valence-electron chi connectivity index (χ4n) is 2.60. The van der Waals surface area contributed by atoms with Crippen molar-refractivity contribution in [2.75, 3.05) is 13.1 Å². The maximum atomic E-state index is 12.4. The van der Waals surface area contributed by atoms with Crippen molar-refractivity contribution in [2.24, 2.45) is 11.8 Å². The molecule has 1 aliphatic heterocycles. The molecule has 2 unspecified atom stereocenters. The fraction of sp³-hybridized carbons (Fsp3) is 0.630. The van der Waals surface area contributed by atoms with Crippen LogP contribution in [0.5, 0.6) is 0 Å². The van der Waals surface area contributed by atoms with E-state index in [2.05, 4.69) is 6.58 Å². The molecule has 0 aliphatic carbocycles. The summed E-state index contributed by atoms with van der Waals surface area (Å²) < 4.78 is 17.6. The minimum atomic E-state index is -1.62. The van der Waals surface area contributed by atoms with Gasteiger partial charge >= 0.3 is 12.1 Å². The highest BCUT2D eigenvalue weighted by molar-refractivity contribution is 6.37. The van der Waals surface area contributed by atoms with Gasteiger partial charge in [-0.25, -0.2) is 14.0 Å². The highest BCUT2D eigenvalue weighted by Gasteiger charge is 2.38. The van der Waals surface area contributed by atoms with Gasteiger partial charge in [0.1, 0.15) is 17.2 Å². The molecule has 0 aromatic rings. The van der Waals surface area contributed by atoms with Gasteiger partial charge in [0.25, 0.3) is 0 Å². The van der Waals surface area contributed by atoms with Gasteiger partial charge < -0.3 is 14.7 Å². The maximum absolute atomic E-state index is 12.4. The second-order valence-corrected chi connectivity index (χ2v) is 8.26. The minimum Gasteiger partial charge on any atom is -0.475 e. The first-order valence-electron chi connectivity index (χ1n) is 12.2. The van der Waals surface area contributed by atoms with Crippen molar-refractivity contribution in [1.82, 2.24) is 4.90 Å². The average Bonchev–Trinajstić information content (AvgIpc) is 2.97. The molecule has 1 aliphatic rings. The van der Waals surface area contributed by atoms with E-state index in [1.165, 1.54) is 17.1 Å². The summed E-state index contributed by atoms with van der Waals surface area (Å²) in [5.41, 5.74) is 0.282. The number of halogens is 1. The fourth-order valence-corrected chi connectivity index (χ4v) is 2.60. The number of carboxylic acid groups (broad SMARTS) is 1. The predicted molar refractivity (Wildman–Crippen MR) is 139 cm³/mol. The number of aliphatic carboxylic acids is 1. The van der Waals surface area contributed by atoms with Crippen molar-refractivity contribution in [3.05, 3.63) is 36.2 Å². The first-order chi connectivity index (χ1) is 16.2. The van der Waals surface area contributed by atoms with Crippen molar-refractivity contribution >= 4 is 23.6 Å². The molecule has 0 saturated carbocycles. The summed E-state index contributed by atoms with van der Waals surface area (Å²) in [7, 11) is 0. The Hall–Kier alpha value is -2.77. The summed E-state index contributed by atoms with van der Waals surface area (Å²) in [5, 5.41) is 8.75. The number of carbonyl (C=O) groups excluding carboxylic acids is 3. The number of likely N-dealkylation sites (tertiary alicyclic amines) is 1. The maximum Gasteiger partial charge on any atom is 0.410 e. The van der Waals surface area contributed by atoms with Crippen LogP contribution in [0.1, 0.15) is 82.1 Å². The number of allylic oxidation sites excluding steroid dienone is 5. The minimum absolute atomic E-state index is 0.00749. The van der Waals surface area contributed by atoms with Crippen LogP contribution in [0.2, 0.25) is 0 Å². The molecular formula is C27H46FNO6. The third-order valence-corrected chi connectivity index (χ3v) is 4.40. The Morgan fingerprint density at radius 1 is 1.17 bits per heavy atom. The van der Waals surface area contributed by atoms with Gasteiger partial charge in [-0.15, -0.1) is 0 Å². The van der Waals surface area contributed by atoms with Crippen molar-refractivity contribution < 1.29 is 33.4 Å². The molecular weight excluding hydrogens is 453 g/mol. The number of amides is 1. The summed E-state index contributed by atoms with van der Waals surface area (Å²) in [4.78, 5) is 47.8. The van der Waals surface area contributed by atoms with Gasteiger partial charge in [-0.2, -0.15) is 0 Å². The van der Waals surface area contributed by atoms with Crippen LogP contribution in [0.15, 0.2) is 36.2 Å². The normalized spacial score (nSPS) is 18.0. The Morgan fingerprint density at radius 3 is 2.09 bits per heavy atom. The standard InChI is InChI=1S/C14H21NO6.C9H13F.2C2H6/c1-8-7-15(13(20)21-14(2,3)4)6-5-9(10(8)16)11(17)12(18)19;1-4-8(3)6-7-9(10)5-2;2*1-2/h8-9H,5-7H2,1-4H3,(H,18,19);5-7H,3-4H2,1-2H3;2*1-2H3/b;7-6-,9-5+;;. The first kappa shape index (κ1) is 36.8. The summed E-state index contributed by atoms with van der Waals surface area (Å²) in [5.74, 6) is -5.18. The average molecular weight is 500 g/mol. The van der Waals surface area contributed by atoms with E-state index in [4.69, 9.17) is 9.84 Å². The molecule has 0 bridgehead atoms. The van der Waals surface area contributed by atoms with Gasteiger partial charge in [0.15, 0.2) is 0 Å². The Labute approximate surface area is 211 Å². The Balaban J connectivity index is -0.000000615. The number of rotatable bonds is 5. The van der Waals surface area contributed by atoms with E-state index in [1.54, 1.807) is 40.7 Å². The summed E-state index contributed by atoms with van der Waals surface area (Å²) in [6.45, 7) is 22.4. The number of nitrogens with zero attached hydrogens (tertiary/aromatic N) is 1. The molecule has 7 nitrogen and oxygen atoms in total. The number of carbonyl (C=O) groups is 4. The predicted octanol–water partition coefficient (Wildman–Crippen LogP) is 6.54. The lowest BCUT2D eigenvalue weighted by Gasteiger charge is -2.27. The van der Waals surface area contributed by atoms with Crippen molar-refractivity contribution in [2.45, 2.75) is 87.7 Å². The molecule has 1 saturated heterocycles. The van der Waals surface area contributed by atoms with Crippen LogP contribution < -0.4 is 0 Å². The Kier molecular flexibility index (Phi) is 20.5. The van der Waals surface area contributed by atoms with E-state index >= 15 is 0 Å². The summed E-state index contributed by atoms with van der Waals surface area (Å²) in [6, 6.07) is 0. The van der Waals surface area contributed by atoms with Crippen molar-refractivity contribution in [1.29, 1.82) is 0 Å². The van der Waals surface area contributed by atoms with E-state index < -0.39 is 41.1 Å². The quantitative estimate of drug-likeness (QED) is 0.262. The summed E-state index contributed by atoms with van der Waals surface area (Å²) >= 11 is 0. The number of ether oxygens (including phenoxy) is 1. The molecule has 0 spiro atoms. The van der Waals surface area contributed by atoms with Gasteiger partial charge in [0.05, 0.1) is 5.92 Å². The molecule has 2 atom stereocenters.